The normalized spacial score (nSPS) is 12.7. The minimum Gasteiger partial charge on any atom is -0.494 e. The smallest absolute Gasteiger partial charge is 0.194 e. The third-order valence-electron chi connectivity index (χ3n) is 4.09. The van der Waals surface area contributed by atoms with E-state index in [0.29, 0.717) is 34.6 Å². The standard InChI is InChI=1S/C20H21NO3/c1-2-10-21-11-5-12-24-14-8-9-17-18(13-14)20(23)16-7-4-3-6-15(16)19(17)22/h3-4,6-9,13,21H,2,5,10-12H2,1H3. The van der Waals surface area contributed by atoms with Crippen molar-refractivity contribution in [3.8, 4) is 5.75 Å². The third-order valence-corrected chi connectivity index (χ3v) is 4.09. The van der Waals surface area contributed by atoms with Gasteiger partial charge >= 0.3 is 0 Å². The van der Waals surface area contributed by atoms with E-state index in [1.165, 1.54) is 0 Å². The summed E-state index contributed by atoms with van der Waals surface area (Å²) in [5.41, 5.74) is 1.83. The topological polar surface area (TPSA) is 55.4 Å². The van der Waals surface area contributed by atoms with E-state index in [-0.39, 0.29) is 11.6 Å². The fourth-order valence-corrected chi connectivity index (χ4v) is 2.86. The minimum absolute atomic E-state index is 0.101. The van der Waals surface area contributed by atoms with Crippen LogP contribution >= 0.6 is 0 Å². The van der Waals surface area contributed by atoms with Crippen molar-refractivity contribution in [3.63, 3.8) is 0 Å². The Hall–Kier alpha value is -2.46. The van der Waals surface area contributed by atoms with Gasteiger partial charge in [-0.2, -0.15) is 0 Å². The molecule has 0 radical (unpaired) electrons. The third kappa shape index (κ3) is 3.24. The molecule has 1 aliphatic rings. The van der Waals surface area contributed by atoms with Crippen LogP contribution in [-0.4, -0.2) is 31.3 Å². The Bertz CT molecular complexity index is 767. The van der Waals surface area contributed by atoms with E-state index in [2.05, 4.69) is 12.2 Å². The molecule has 3 rings (SSSR count). The van der Waals surface area contributed by atoms with Gasteiger partial charge < -0.3 is 10.1 Å². The van der Waals surface area contributed by atoms with Gasteiger partial charge in [0.2, 0.25) is 0 Å². The molecule has 2 aromatic carbocycles. The summed E-state index contributed by atoms with van der Waals surface area (Å²) in [6, 6.07) is 12.1. The number of hydrogen-bond donors (Lipinski definition) is 1. The van der Waals surface area contributed by atoms with Gasteiger partial charge in [0.05, 0.1) is 6.61 Å². The van der Waals surface area contributed by atoms with Crippen molar-refractivity contribution < 1.29 is 14.3 Å². The number of ether oxygens (including phenoxy) is 1. The highest BCUT2D eigenvalue weighted by atomic mass is 16.5. The molecule has 4 nitrogen and oxygen atoms in total. The highest BCUT2D eigenvalue weighted by molar-refractivity contribution is 6.28. The summed E-state index contributed by atoms with van der Waals surface area (Å²) in [4.78, 5) is 25.2. The van der Waals surface area contributed by atoms with E-state index in [1.54, 1.807) is 42.5 Å². The van der Waals surface area contributed by atoms with Gasteiger partial charge in [-0.3, -0.25) is 9.59 Å². The zero-order chi connectivity index (χ0) is 16.9. The molecule has 0 unspecified atom stereocenters. The molecular formula is C20H21NO3. The molecule has 124 valence electrons. The molecule has 0 amide bonds. The second-order valence-corrected chi connectivity index (χ2v) is 5.86. The van der Waals surface area contributed by atoms with Gasteiger partial charge in [0.15, 0.2) is 11.6 Å². The number of fused-ring (bicyclic) bond motifs is 2. The van der Waals surface area contributed by atoms with Crippen LogP contribution in [0.4, 0.5) is 0 Å². The van der Waals surface area contributed by atoms with E-state index in [9.17, 15) is 9.59 Å². The predicted octanol–water partition coefficient (Wildman–Crippen LogP) is 3.23. The zero-order valence-electron chi connectivity index (χ0n) is 13.8. The van der Waals surface area contributed by atoms with E-state index < -0.39 is 0 Å². The number of nitrogens with one attached hydrogen (secondary N) is 1. The first kappa shape index (κ1) is 16.4. The maximum atomic E-state index is 12.6. The highest BCUT2D eigenvalue weighted by Gasteiger charge is 2.29. The number of carbonyl (C=O) groups excluding carboxylic acids is 2. The molecule has 0 aromatic heterocycles. The van der Waals surface area contributed by atoms with Gasteiger partial charge in [0.1, 0.15) is 5.75 Å². The molecule has 0 fully saturated rings. The Morgan fingerprint density at radius 2 is 1.54 bits per heavy atom. The Labute approximate surface area is 141 Å². The summed E-state index contributed by atoms with van der Waals surface area (Å²) in [7, 11) is 0. The Morgan fingerprint density at radius 1 is 0.875 bits per heavy atom. The first-order valence-corrected chi connectivity index (χ1v) is 8.38. The van der Waals surface area contributed by atoms with Gasteiger partial charge in [-0.1, -0.05) is 31.2 Å². The van der Waals surface area contributed by atoms with Crippen molar-refractivity contribution >= 4 is 11.6 Å². The van der Waals surface area contributed by atoms with Crippen molar-refractivity contribution in [3.05, 3.63) is 64.7 Å². The van der Waals surface area contributed by atoms with Crippen LogP contribution in [-0.2, 0) is 0 Å². The van der Waals surface area contributed by atoms with Crippen LogP contribution in [0.2, 0.25) is 0 Å². The van der Waals surface area contributed by atoms with Crippen LogP contribution in [0.1, 0.15) is 51.6 Å². The first-order valence-electron chi connectivity index (χ1n) is 8.38. The van der Waals surface area contributed by atoms with Gasteiger partial charge in [0, 0.05) is 22.3 Å². The van der Waals surface area contributed by atoms with Crippen molar-refractivity contribution in [1.82, 2.24) is 5.32 Å². The number of carbonyl (C=O) groups is 2. The average molecular weight is 323 g/mol. The average Bonchev–Trinajstić information content (AvgIpc) is 2.62. The predicted molar refractivity (Wildman–Crippen MR) is 93.0 cm³/mol. The monoisotopic (exact) mass is 323 g/mol. The summed E-state index contributed by atoms with van der Waals surface area (Å²) in [5.74, 6) is 0.413. The largest absolute Gasteiger partial charge is 0.494 e. The SMILES string of the molecule is CCCNCCCOc1ccc2c(c1)C(=O)c1ccccc1C2=O. The number of hydrogen-bond acceptors (Lipinski definition) is 4. The molecule has 1 aliphatic carbocycles. The van der Waals surface area contributed by atoms with Gasteiger partial charge in [-0.15, -0.1) is 0 Å². The summed E-state index contributed by atoms with van der Waals surface area (Å²) in [5, 5.41) is 3.32. The molecule has 0 saturated carbocycles. The molecule has 0 saturated heterocycles. The molecule has 2 aromatic rings. The molecule has 1 N–H and O–H groups in total. The second kappa shape index (κ2) is 7.41. The van der Waals surface area contributed by atoms with Crippen LogP contribution in [0.15, 0.2) is 42.5 Å². The Kier molecular flexibility index (Phi) is 5.06. The lowest BCUT2D eigenvalue weighted by Gasteiger charge is -2.18. The first-order chi connectivity index (χ1) is 11.7. The summed E-state index contributed by atoms with van der Waals surface area (Å²) in [6.07, 6.45) is 2.01. The zero-order valence-corrected chi connectivity index (χ0v) is 13.8. The van der Waals surface area contributed by atoms with Crippen LogP contribution in [0.25, 0.3) is 0 Å². The van der Waals surface area contributed by atoms with Crippen molar-refractivity contribution in [2.45, 2.75) is 19.8 Å². The molecule has 0 spiro atoms. The van der Waals surface area contributed by atoms with E-state index in [1.807, 2.05) is 0 Å². The minimum atomic E-state index is -0.115. The molecular weight excluding hydrogens is 302 g/mol. The lowest BCUT2D eigenvalue weighted by Crippen LogP contribution is -2.21. The lowest BCUT2D eigenvalue weighted by atomic mass is 9.84. The second-order valence-electron chi connectivity index (χ2n) is 5.86. The number of benzene rings is 2. The molecule has 0 aliphatic heterocycles. The lowest BCUT2D eigenvalue weighted by molar-refractivity contribution is 0.0978. The highest BCUT2D eigenvalue weighted by Crippen LogP contribution is 2.29. The van der Waals surface area contributed by atoms with Crippen molar-refractivity contribution in [2.75, 3.05) is 19.7 Å². The quantitative estimate of drug-likeness (QED) is 0.678. The maximum absolute atomic E-state index is 12.6. The summed E-state index contributed by atoms with van der Waals surface area (Å²) in [6.45, 7) is 4.62. The maximum Gasteiger partial charge on any atom is 0.194 e. The molecule has 4 heteroatoms. The summed E-state index contributed by atoms with van der Waals surface area (Å²) < 4.78 is 5.72. The van der Waals surface area contributed by atoms with E-state index in [0.717, 1.165) is 25.9 Å². The number of rotatable bonds is 7. The van der Waals surface area contributed by atoms with Gasteiger partial charge in [-0.05, 0) is 44.1 Å². The van der Waals surface area contributed by atoms with Gasteiger partial charge in [-0.25, -0.2) is 0 Å². The Morgan fingerprint density at radius 3 is 2.25 bits per heavy atom. The fourth-order valence-electron chi connectivity index (χ4n) is 2.86. The molecule has 0 atom stereocenters. The number of ketones is 2. The molecule has 24 heavy (non-hydrogen) atoms. The fraction of sp³-hybridized carbons (Fsp3) is 0.300. The molecule has 0 bridgehead atoms. The van der Waals surface area contributed by atoms with E-state index in [4.69, 9.17) is 4.74 Å². The Balaban J connectivity index is 1.72. The van der Waals surface area contributed by atoms with Crippen molar-refractivity contribution in [1.29, 1.82) is 0 Å². The van der Waals surface area contributed by atoms with Crippen LogP contribution in [0.3, 0.4) is 0 Å². The van der Waals surface area contributed by atoms with Crippen molar-refractivity contribution in [2.24, 2.45) is 0 Å². The van der Waals surface area contributed by atoms with E-state index >= 15 is 0 Å². The van der Waals surface area contributed by atoms with Crippen LogP contribution in [0.5, 0.6) is 5.75 Å². The van der Waals surface area contributed by atoms with Gasteiger partial charge in [0.25, 0.3) is 0 Å². The van der Waals surface area contributed by atoms with Crippen LogP contribution in [0, 0.1) is 0 Å². The molecule has 0 heterocycles. The van der Waals surface area contributed by atoms with Crippen LogP contribution < -0.4 is 10.1 Å². The summed E-state index contributed by atoms with van der Waals surface area (Å²) >= 11 is 0.